The summed E-state index contributed by atoms with van der Waals surface area (Å²) in [5, 5.41) is 0. The molecule has 6 atom stereocenters. The van der Waals surface area contributed by atoms with E-state index in [4.69, 9.17) is 0 Å². The van der Waals surface area contributed by atoms with Crippen LogP contribution >= 0.6 is 0 Å². The SMILES string of the molecule is C=C=C(CC)C1CCC2C3CCC4=CC(=C)C=CC4(C)C3CCC12C. The van der Waals surface area contributed by atoms with Gasteiger partial charge in [0.1, 0.15) is 0 Å². The predicted molar refractivity (Wildman–Crippen MR) is 107 cm³/mol. The first-order valence-corrected chi connectivity index (χ1v) is 10.4. The van der Waals surface area contributed by atoms with Gasteiger partial charge in [-0.15, -0.1) is 5.73 Å². The van der Waals surface area contributed by atoms with Gasteiger partial charge in [-0.05, 0) is 85.2 Å². The van der Waals surface area contributed by atoms with Crippen molar-refractivity contribution < 1.29 is 0 Å². The van der Waals surface area contributed by atoms with Crippen LogP contribution in [0.15, 0.2) is 53.8 Å². The molecule has 4 aliphatic carbocycles. The molecule has 0 aromatic heterocycles. The van der Waals surface area contributed by atoms with Gasteiger partial charge >= 0.3 is 0 Å². The summed E-state index contributed by atoms with van der Waals surface area (Å²) in [6.07, 6.45) is 16.5. The lowest BCUT2D eigenvalue weighted by molar-refractivity contribution is -0.0280. The second-order valence-electron chi connectivity index (χ2n) is 9.51. The van der Waals surface area contributed by atoms with E-state index in [-0.39, 0.29) is 5.41 Å². The van der Waals surface area contributed by atoms with Crippen LogP contribution in [0.5, 0.6) is 0 Å². The van der Waals surface area contributed by atoms with Crippen LogP contribution in [-0.4, -0.2) is 0 Å². The third kappa shape index (κ3) is 2.33. The summed E-state index contributed by atoms with van der Waals surface area (Å²) in [6.45, 7) is 15.6. The molecule has 0 spiro atoms. The van der Waals surface area contributed by atoms with Gasteiger partial charge in [-0.1, -0.05) is 57.7 Å². The van der Waals surface area contributed by atoms with E-state index in [1.54, 1.807) is 5.57 Å². The smallest absolute Gasteiger partial charge is 0.0100 e. The number of allylic oxidation sites excluding steroid dienone is 6. The highest BCUT2D eigenvalue weighted by Crippen LogP contribution is 2.67. The minimum atomic E-state index is 0.283. The lowest BCUT2D eigenvalue weighted by atomic mass is 9.47. The van der Waals surface area contributed by atoms with Crippen molar-refractivity contribution in [3.63, 3.8) is 0 Å². The van der Waals surface area contributed by atoms with E-state index in [2.05, 4.69) is 57.9 Å². The molecule has 0 heterocycles. The molecular formula is C25H34. The van der Waals surface area contributed by atoms with Gasteiger partial charge in [0, 0.05) is 5.41 Å². The lowest BCUT2D eigenvalue weighted by Gasteiger charge is -2.57. The van der Waals surface area contributed by atoms with Crippen LogP contribution in [0, 0.1) is 34.5 Å². The average molecular weight is 335 g/mol. The molecule has 0 radical (unpaired) electrons. The molecule has 0 aromatic carbocycles. The van der Waals surface area contributed by atoms with Crippen molar-refractivity contribution in [1.29, 1.82) is 0 Å². The molecule has 25 heavy (non-hydrogen) atoms. The van der Waals surface area contributed by atoms with Gasteiger partial charge in [-0.2, -0.15) is 0 Å². The van der Waals surface area contributed by atoms with Crippen molar-refractivity contribution in [2.75, 3.05) is 0 Å². The third-order valence-electron chi connectivity index (χ3n) is 8.68. The largest absolute Gasteiger partial charge is 0.129 e. The lowest BCUT2D eigenvalue weighted by Crippen LogP contribution is -2.49. The monoisotopic (exact) mass is 334 g/mol. The molecule has 0 nitrogen and oxygen atoms in total. The van der Waals surface area contributed by atoms with E-state index >= 15 is 0 Å². The van der Waals surface area contributed by atoms with Crippen molar-refractivity contribution >= 4 is 0 Å². The molecule has 134 valence electrons. The van der Waals surface area contributed by atoms with Gasteiger partial charge in [0.25, 0.3) is 0 Å². The minimum absolute atomic E-state index is 0.283. The van der Waals surface area contributed by atoms with Gasteiger partial charge in [0.2, 0.25) is 0 Å². The summed E-state index contributed by atoms with van der Waals surface area (Å²) in [6, 6.07) is 0. The van der Waals surface area contributed by atoms with Crippen molar-refractivity contribution in [2.45, 2.75) is 65.7 Å². The van der Waals surface area contributed by atoms with E-state index < -0.39 is 0 Å². The molecule has 4 rings (SSSR count). The number of hydrogen-bond donors (Lipinski definition) is 0. The Hall–Kier alpha value is -1.26. The van der Waals surface area contributed by atoms with Crippen LogP contribution in [0.1, 0.15) is 65.7 Å². The van der Waals surface area contributed by atoms with Crippen LogP contribution in [0.3, 0.4) is 0 Å². The highest BCUT2D eigenvalue weighted by Gasteiger charge is 2.58. The minimum Gasteiger partial charge on any atom is -0.129 e. The normalized spacial score (nSPS) is 45.1. The van der Waals surface area contributed by atoms with E-state index in [9.17, 15) is 0 Å². The van der Waals surface area contributed by atoms with Crippen LogP contribution in [0.2, 0.25) is 0 Å². The van der Waals surface area contributed by atoms with Crippen LogP contribution in [0.25, 0.3) is 0 Å². The molecule has 3 fully saturated rings. The third-order valence-corrected chi connectivity index (χ3v) is 8.68. The van der Waals surface area contributed by atoms with Crippen LogP contribution in [-0.2, 0) is 0 Å². The maximum Gasteiger partial charge on any atom is 0.0100 e. The fourth-order valence-corrected chi connectivity index (χ4v) is 7.34. The second kappa shape index (κ2) is 5.88. The van der Waals surface area contributed by atoms with Crippen LogP contribution in [0.4, 0.5) is 0 Å². The van der Waals surface area contributed by atoms with Gasteiger partial charge in [0.15, 0.2) is 0 Å². The molecule has 0 aliphatic heterocycles. The Morgan fingerprint density at radius 2 is 2.00 bits per heavy atom. The van der Waals surface area contributed by atoms with Crippen molar-refractivity contribution in [2.24, 2.45) is 34.5 Å². The topological polar surface area (TPSA) is 0 Å². The maximum absolute atomic E-state index is 4.17. The maximum atomic E-state index is 4.17. The van der Waals surface area contributed by atoms with Gasteiger partial charge < -0.3 is 0 Å². The molecule has 0 saturated heterocycles. The van der Waals surface area contributed by atoms with Gasteiger partial charge in [-0.25, -0.2) is 0 Å². The summed E-state index contributed by atoms with van der Waals surface area (Å²) in [5.74, 6) is 3.34. The molecule has 4 aliphatic rings. The molecule has 0 aromatic rings. The highest BCUT2D eigenvalue weighted by atomic mass is 14.6. The van der Waals surface area contributed by atoms with Crippen molar-refractivity contribution in [3.05, 3.63) is 53.8 Å². The first-order chi connectivity index (χ1) is 11.9. The van der Waals surface area contributed by atoms with E-state index in [0.29, 0.717) is 5.41 Å². The van der Waals surface area contributed by atoms with Gasteiger partial charge in [0.05, 0.1) is 0 Å². The zero-order chi connectivity index (χ0) is 17.8. The Balaban J connectivity index is 1.67. The number of hydrogen-bond acceptors (Lipinski definition) is 0. The fourth-order valence-electron chi connectivity index (χ4n) is 7.34. The standard InChI is InChI=1S/C25H34/c1-6-18(7-2)21-10-11-22-20-9-8-19-16-17(3)12-14-24(19,4)23(20)13-15-25(21,22)5/h12,14,16,20-23H,1,3,7-11,13,15H2,2,4-5H3. The number of rotatable bonds is 2. The molecule has 6 unspecified atom stereocenters. The van der Waals surface area contributed by atoms with Crippen molar-refractivity contribution in [1.82, 2.24) is 0 Å². The zero-order valence-corrected chi connectivity index (χ0v) is 16.4. The summed E-state index contributed by atoms with van der Waals surface area (Å²) in [5.41, 5.74) is 8.43. The molecule has 3 saturated carbocycles. The van der Waals surface area contributed by atoms with Crippen LogP contribution < -0.4 is 0 Å². The Morgan fingerprint density at radius 1 is 1.20 bits per heavy atom. The summed E-state index contributed by atoms with van der Waals surface area (Å²) < 4.78 is 0. The fraction of sp³-hybridized carbons (Fsp3) is 0.640. The molecular weight excluding hydrogens is 300 g/mol. The summed E-state index contributed by atoms with van der Waals surface area (Å²) in [4.78, 5) is 0. The summed E-state index contributed by atoms with van der Waals surface area (Å²) >= 11 is 0. The van der Waals surface area contributed by atoms with Gasteiger partial charge in [-0.3, -0.25) is 0 Å². The Morgan fingerprint density at radius 3 is 2.72 bits per heavy atom. The second-order valence-corrected chi connectivity index (χ2v) is 9.51. The molecule has 0 N–H and O–H groups in total. The van der Waals surface area contributed by atoms with E-state index in [1.165, 1.54) is 49.7 Å². The molecule has 0 heteroatoms. The first kappa shape index (κ1) is 17.2. The quantitative estimate of drug-likeness (QED) is 0.476. The zero-order valence-electron chi connectivity index (χ0n) is 16.4. The summed E-state index contributed by atoms with van der Waals surface area (Å²) in [7, 11) is 0. The molecule has 0 bridgehead atoms. The molecule has 0 amide bonds. The van der Waals surface area contributed by atoms with Crippen molar-refractivity contribution in [3.8, 4) is 0 Å². The van der Waals surface area contributed by atoms with E-state index in [1.807, 2.05) is 0 Å². The van der Waals surface area contributed by atoms with E-state index in [0.717, 1.165) is 30.1 Å². The number of fused-ring (bicyclic) bond motifs is 5. The predicted octanol–water partition coefficient (Wildman–Crippen LogP) is 7.02. The average Bonchev–Trinajstić information content (AvgIpc) is 2.94. The highest BCUT2D eigenvalue weighted by molar-refractivity contribution is 5.43. The first-order valence-electron chi connectivity index (χ1n) is 10.4. The Bertz CT molecular complexity index is 698. The Labute approximate surface area is 154 Å². The Kier molecular flexibility index (Phi) is 4.04.